The van der Waals surface area contributed by atoms with Crippen LogP contribution in [0.4, 0.5) is 4.39 Å². The highest BCUT2D eigenvalue weighted by Gasteiger charge is 2.48. The first kappa shape index (κ1) is 26.1. The van der Waals surface area contributed by atoms with Crippen LogP contribution in [0.15, 0.2) is 59.7 Å². The van der Waals surface area contributed by atoms with Crippen LogP contribution in [0.25, 0.3) is 0 Å². The number of ether oxygens (including phenoxy) is 1. The Bertz CT molecular complexity index is 1350. The second-order valence-corrected chi connectivity index (χ2v) is 10.4. The number of hydrogen-bond acceptors (Lipinski definition) is 6. The summed E-state index contributed by atoms with van der Waals surface area (Å²) in [6.45, 7) is 5.65. The molecule has 0 unspecified atom stereocenters. The summed E-state index contributed by atoms with van der Waals surface area (Å²) in [5.41, 5.74) is 3.99. The molecular weight excluding hydrogens is 483 g/mol. The molecule has 5 rings (SSSR count). The van der Waals surface area contributed by atoms with Gasteiger partial charge in [0.1, 0.15) is 6.67 Å². The highest BCUT2D eigenvalue weighted by atomic mass is 19.1. The van der Waals surface area contributed by atoms with Gasteiger partial charge >= 0.3 is 0 Å². The van der Waals surface area contributed by atoms with E-state index in [2.05, 4.69) is 56.3 Å². The molecule has 1 aromatic heterocycles. The number of H-pyrrole nitrogens is 1. The zero-order valence-electron chi connectivity index (χ0n) is 21.5. The van der Waals surface area contributed by atoms with E-state index in [1.807, 2.05) is 24.3 Å². The number of hydrogen-bond donors (Lipinski definition) is 3. The number of nitrogens with zero attached hydrogens (tertiary/aromatic N) is 2. The van der Waals surface area contributed by atoms with Crippen LogP contribution >= 0.6 is 0 Å². The fourth-order valence-corrected chi connectivity index (χ4v) is 4.97. The Morgan fingerprint density at radius 3 is 2.42 bits per heavy atom. The third-order valence-electron chi connectivity index (χ3n) is 7.37. The first-order valence-electron chi connectivity index (χ1n) is 13.1. The number of alkyl halides is 1. The highest BCUT2D eigenvalue weighted by molar-refractivity contribution is 5.44. The molecule has 8 heteroatoms. The first-order chi connectivity index (χ1) is 18.4. The Hall–Kier alpha value is -3.51. The van der Waals surface area contributed by atoms with Crippen LogP contribution in [0.1, 0.15) is 47.2 Å². The van der Waals surface area contributed by atoms with Crippen molar-refractivity contribution >= 4 is 0 Å². The lowest BCUT2D eigenvalue weighted by atomic mass is 9.86. The lowest BCUT2D eigenvalue weighted by molar-refractivity contribution is -0.223. The minimum atomic E-state index is -0.574. The van der Waals surface area contributed by atoms with Gasteiger partial charge in [-0.2, -0.15) is 0 Å². The molecule has 1 spiro atoms. The van der Waals surface area contributed by atoms with Crippen LogP contribution in [-0.2, 0) is 17.7 Å². The molecule has 0 amide bonds. The van der Waals surface area contributed by atoms with Crippen molar-refractivity contribution in [2.45, 2.75) is 43.9 Å². The van der Waals surface area contributed by atoms with Crippen LogP contribution in [0, 0.1) is 11.8 Å². The predicted octanol–water partition coefficient (Wildman–Crippen LogP) is 3.12. The Labute approximate surface area is 222 Å². The van der Waals surface area contributed by atoms with Crippen LogP contribution in [-0.4, -0.2) is 64.5 Å². The highest BCUT2D eigenvalue weighted by Crippen LogP contribution is 2.36. The second kappa shape index (κ2) is 11.5. The molecule has 38 heavy (non-hydrogen) atoms. The molecule has 7 nitrogen and oxygen atoms in total. The zero-order valence-corrected chi connectivity index (χ0v) is 21.5. The third-order valence-corrected chi connectivity index (χ3v) is 7.37. The van der Waals surface area contributed by atoms with E-state index in [4.69, 9.17) is 4.74 Å². The molecular formula is C30H33FN4O3. The lowest BCUT2D eigenvalue weighted by Crippen LogP contribution is -2.67. The van der Waals surface area contributed by atoms with Crippen molar-refractivity contribution in [3.63, 3.8) is 0 Å². The summed E-state index contributed by atoms with van der Waals surface area (Å²) in [7, 11) is 0. The maximum absolute atomic E-state index is 13.0. The fourth-order valence-electron chi connectivity index (χ4n) is 4.97. The summed E-state index contributed by atoms with van der Waals surface area (Å²) in [6, 6.07) is 16.0. The topological polar surface area (TPSA) is 90.5 Å². The van der Waals surface area contributed by atoms with Crippen LogP contribution < -0.4 is 10.9 Å². The Morgan fingerprint density at radius 1 is 1.16 bits per heavy atom. The molecule has 3 N–H and O–H groups in total. The monoisotopic (exact) mass is 516 g/mol. The van der Waals surface area contributed by atoms with Gasteiger partial charge in [-0.3, -0.25) is 9.69 Å². The standard InChI is InChI=1S/C30H33FN4O3/c1-21(15-31)32-16-26(14-27-28(36)29(37)34-20-33-27)25-10-8-23(9-11-25)3-2-22-4-6-24(7-5-22)17-35-18-30(19-35)12-13-38-30/h4-11,20-21,26,32,36H,12-19H2,1H3,(H,33,34,37)/t21-,26-/m0/s1. The summed E-state index contributed by atoms with van der Waals surface area (Å²) in [4.78, 5) is 20.7. The van der Waals surface area contributed by atoms with Crippen molar-refractivity contribution in [1.29, 1.82) is 0 Å². The van der Waals surface area contributed by atoms with Gasteiger partial charge in [-0.1, -0.05) is 36.1 Å². The maximum atomic E-state index is 13.0. The molecule has 2 saturated heterocycles. The van der Waals surface area contributed by atoms with Gasteiger partial charge in [-0.25, -0.2) is 9.37 Å². The summed E-state index contributed by atoms with van der Waals surface area (Å²) >= 11 is 0. The van der Waals surface area contributed by atoms with Gasteiger partial charge in [-0.15, -0.1) is 0 Å². The van der Waals surface area contributed by atoms with E-state index in [0.29, 0.717) is 18.7 Å². The summed E-state index contributed by atoms with van der Waals surface area (Å²) in [5.74, 6) is 5.95. The second-order valence-electron chi connectivity index (χ2n) is 10.4. The van der Waals surface area contributed by atoms with Crippen LogP contribution in [0.2, 0.25) is 0 Å². The van der Waals surface area contributed by atoms with E-state index in [-0.39, 0.29) is 23.3 Å². The largest absolute Gasteiger partial charge is 0.502 e. The van der Waals surface area contributed by atoms with Crippen molar-refractivity contribution in [3.8, 4) is 17.6 Å². The van der Waals surface area contributed by atoms with E-state index in [1.165, 1.54) is 18.3 Å². The molecule has 3 heterocycles. The lowest BCUT2D eigenvalue weighted by Gasteiger charge is -2.55. The number of aromatic nitrogens is 2. The van der Waals surface area contributed by atoms with Crippen LogP contribution in [0.5, 0.6) is 5.75 Å². The van der Waals surface area contributed by atoms with Gasteiger partial charge in [0.15, 0.2) is 0 Å². The Kier molecular flexibility index (Phi) is 7.89. The average molecular weight is 517 g/mol. The summed E-state index contributed by atoms with van der Waals surface area (Å²) in [6.07, 6.45) is 2.80. The molecule has 2 aromatic carbocycles. The average Bonchev–Trinajstić information content (AvgIpc) is 2.89. The molecule has 2 aliphatic rings. The van der Waals surface area contributed by atoms with Crippen molar-refractivity contribution in [2.75, 3.05) is 32.9 Å². The number of nitrogens with one attached hydrogen (secondary N) is 2. The minimum Gasteiger partial charge on any atom is -0.502 e. The van der Waals surface area contributed by atoms with Gasteiger partial charge < -0.3 is 20.1 Å². The molecule has 0 saturated carbocycles. The van der Waals surface area contributed by atoms with Gasteiger partial charge in [0.25, 0.3) is 5.56 Å². The fraction of sp³-hybridized carbons (Fsp3) is 0.400. The smallest absolute Gasteiger partial charge is 0.293 e. The normalized spacial score (nSPS) is 17.6. The predicted molar refractivity (Wildman–Crippen MR) is 144 cm³/mol. The molecule has 198 valence electrons. The van der Waals surface area contributed by atoms with E-state index >= 15 is 0 Å². The number of aromatic hydroxyl groups is 1. The van der Waals surface area contributed by atoms with Gasteiger partial charge in [0.2, 0.25) is 5.75 Å². The summed E-state index contributed by atoms with van der Waals surface area (Å²) in [5, 5.41) is 13.3. The Morgan fingerprint density at radius 2 is 1.82 bits per heavy atom. The number of likely N-dealkylation sites (tertiary alicyclic amines) is 1. The van der Waals surface area contributed by atoms with E-state index in [0.717, 1.165) is 42.9 Å². The van der Waals surface area contributed by atoms with E-state index in [1.54, 1.807) is 6.92 Å². The number of rotatable bonds is 9. The van der Waals surface area contributed by atoms with Gasteiger partial charge in [0, 0.05) is 62.1 Å². The SMILES string of the molecule is C[C@@H](CF)NC[C@H](Cc1nc[nH]c(=O)c1O)c1ccc(C#Cc2ccc(CN3CC4(CCO4)C3)cc2)cc1. The number of benzene rings is 2. The van der Waals surface area contributed by atoms with Gasteiger partial charge in [0.05, 0.1) is 24.2 Å². The molecule has 2 atom stereocenters. The van der Waals surface area contributed by atoms with Crippen molar-refractivity contribution in [2.24, 2.45) is 0 Å². The van der Waals surface area contributed by atoms with Crippen molar-refractivity contribution < 1.29 is 14.2 Å². The van der Waals surface area contributed by atoms with Crippen molar-refractivity contribution in [3.05, 3.63) is 93.2 Å². The maximum Gasteiger partial charge on any atom is 0.293 e. The van der Waals surface area contributed by atoms with E-state index in [9.17, 15) is 14.3 Å². The molecule has 0 radical (unpaired) electrons. The molecule has 2 aliphatic heterocycles. The molecule has 2 fully saturated rings. The Balaban J connectivity index is 1.22. The van der Waals surface area contributed by atoms with Gasteiger partial charge in [-0.05, 0) is 42.3 Å². The third kappa shape index (κ3) is 6.13. The number of aromatic amines is 1. The number of halogens is 1. The quantitative estimate of drug-likeness (QED) is 0.379. The molecule has 3 aromatic rings. The molecule has 0 bridgehead atoms. The van der Waals surface area contributed by atoms with E-state index < -0.39 is 12.2 Å². The first-order valence-corrected chi connectivity index (χ1v) is 13.1. The molecule has 0 aliphatic carbocycles. The zero-order chi connectivity index (χ0) is 26.5. The van der Waals surface area contributed by atoms with Crippen LogP contribution in [0.3, 0.4) is 0 Å². The van der Waals surface area contributed by atoms with Crippen molar-refractivity contribution in [1.82, 2.24) is 20.2 Å². The minimum absolute atomic E-state index is 0.115. The summed E-state index contributed by atoms with van der Waals surface area (Å²) < 4.78 is 18.7.